The van der Waals surface area contributed by atoms with Crippen molar-refractivity contribution >= 4 is 51.0 Å². The lowest BCUT2D eigenvalue weighted by Gasteiger charge is -2.36. The van der Waals surface area contributed by atoms with E-state index in [1.165, 1.54) is 16.5 Å². The van der Waals surface area contributed by atoms with Crippen LogP contribution in [-0.2, 0) is 22.6 Å². The molecule has 2 aromatic carbocycles. The number of nitrogens with one attached hydrogen (secondary N) is 2. The Labute approximate surface area is 201 Å². The molecule has 174 valence electrons. The van der Waals surface area contributed by atoms with Crippen molar-refractivity contribution in [2.75, 3.05) is 43.1 Å². The second-order valence-corrected chi connectivity index (χ2v) is 9.28. The van der Waals surface area contributed by atoms with Crippen molar-refractivity contribution in [3.63, 3.8) is 0 Å². The Kier molecular flexibility index (Phi) is 7.51. The molecule has 2 amide bonds. The summed E-state index contributed by atoms with van der Waals surface area (Å²) in [6.07, 6.45) is 4.71. The quantitative estimate of drug-likeness (QED) is 0.196. The maximum atomic E-state index is 10.9. The predicted molar refractivity (Wildman–Crippen MR) is 133 cm³/mol. The zero-order valence-electron chi connectivity index (χ0n) is 18.3. The Hall–Kier alpha value is -3.04. The SMILES string of the molecule is O=CNCCN(CCc1cn(CC2CN(C=O)C2)c2ccc(Br)cc12)c1ccc(NO)cc1. The first kappa shape index (κ1) is 23.1. The Bertz CT molecular complexity index is 1100. The molecule has 1 saturated heterocycles. The average Bonchev–Trinajstić information content (AvgIpc) is 3.14. The second-order valence-electron chi connectivity index (χ2n) is 8.36. The molecular weight excluding hydrogens is 486 g/mol. The van der Waals surface area contributed by atoms with E-state index in [1.54, 1.807) is 4.90 Å². The topological polar surface area (TPSA) is 89.8 Å². The molecule has 1 aliphatic rings. The van der Waals surface area contributed by atoms with E-state index in [0.717, 1.165) is 49.2 Å². The van der Waals surface area contributed by atoms with Crippen LogP contribution in [0.2, 0.25) is 0 Å². The summed E-state index contributed by atoms with van der Waals surface area (Å²) in [7, 11) is 0. The van der Waals surface area contributed by atoms with E-state index in [1.807, 2.05) is 24.3 Å². The highest BCUT2D eigenvalue weighted by molar-refractivity contribution is 9.10. The first-order valence-electron chi connectivity index (χ1n) is 11.0. The number of hydrogen-bond acceptors (Lipinski definition) is 5. The first-order chi connectivity index (χ1) is 16.1. The highest BCUT2D eigenvalue weighted by Gasteiger charge is 2.26. The number of carbonyl (C=O) groups excluding carboxylic acids is 2. The van der Waals surface area contributed by atoms with Crippen LogP contribution < -0.4 is 15.7 Å². The van der Waals surface area contributed by atoms with Crippen molar-refractivity contribution in [2.45, 2.75) is 13.0 Å². The molecule has 1 aliphatic heterocycles. The van der Waals surface area contributed by atoms with Crippen LogP contribution in [-0.4, -0.2) is 60.2 Å². The zero-order chi connectivity index (χ0) is 23.2. The average molecular weight is 514 g/mol. The Morgan fingerprint density at radius 3 is 2.61 bits per heavy atom. The molecule has 2 heterocycles. The predicted octanol–water partition coefficient (Wildman–Crippen LogP) is 3.09. The van der Waals surface area contributed by atoms with Gasteiger partial charge in [0, 0.05) is 72.4 Å². The summed E-state index contributed by atoms with van der Waals surface area (Å²) in [5.74, 6) is 0.479. The zero-order valence-corrected chi connectivity index (χ0v) is 19.9. The number of aromatic nitrogens is 1. The van der Waals surface area contributed by atoms with Crippen LogP contribution >= 0.6 is 15.9 Å². The Morgan fingerprint density at radius 1 is 1.12 bits per heavy atom. The van der Waals surface area contributed by atoms with Crippen LogP contribution in [0.25, 0.3) is 10.9 Å². The van der Waals surface area contributed by atoms with Crippen LogP contribution in [0.3, 0.4) is 0 Å². The Morgan fingerprint density at radius 2 is 1.91 bits per heavy atom. The van der Waals surface area contributed by atoms with Crippen molar-refractivity contribution < 1.29 is 14.8 Å². The highest BCUT2D eigenvalue weighted by Crippen LogP contribution is 2.28. The van der Waals surface area contributed by atoms with Gasteiger partial charge in [-0.05, 0) is 54.4 Å². The molecule has 9 heteroatoms. The van der Waals surface area contributed by atoms with E-state index in [-0.39, 0.29) is 0 Å². The Balaban J connectivity index is 1.53. The largest absolute Gasteiger partial charge is 0.369 e. The van der Waals surface area contributed by atoms with E-state index in [9.17, 15) is 9.59 Å². The standard InChI is InChI=1S/C24H28BrN5O3/c25-20-1-6-24-23(11-20)19(15-30(24)14-18-12-28(13-18)17-32)7-9-29(10-8-26-16-31)22-4-2-21(27-33)3-5-22/h1-6,11,15-18,27,33H,7-10,12-14H2,(H,26,31). The monoisotopic (exact) mass is 513 g/mol. The molecule has 0 spiro atoms. The van der Waals surface area contributed by atoms with Gasteiger partial charge >= 0.3 is 0 Å². The molecular formula is C24H28BrN5O3. The lowest BCUT2D eigenvalue weighted by Crippen LogP contribution is -2.47. The van der Waals surface area contributed by atoms with Gasteiger partial charge in [0.25, 0.3) is 0 Å². The molecule has 3 aromatic rings. The van der Waals surface area contributed by atoms with Gasteiger partial charge in [0.1, 0.15) is 0 Å². The molecule has 33 heavy (non-hydrogen) atoms. The fourth-order valence-electron chi connectivity index (χ4n) is 4.41. The summed E-state index contributed by atoms with van der Waals surface area (Å²) in [6, 6.07) is 13.9. The highest BCUT2D eigenvalue weighted by atomic mass is 79.9. The summed E-state index contributed by atoms with van der Waals surface area (Å²) >= 11 is 3.61. The molecule has 0 unspecified atom stereocenters. The molecule has 3 N–H and O–H groups in total. The maximum Gasteiger partial charge on any atom is 0.209 e. The number of nitrogens with zero attached hydrogens (tertiary/aromatic N) is 3. The number of likely N-dealkylation sites (tertiary alicyclic amines) is 1. The number of fused-ring (bicyclic) bond motifs is 1. The van der Waals surface area contributed by atoms with Crippen molar-refractivity contribution in [2.24, 2.45) is 5.92 Å². The van der Waals surface area contributed by atoms with E-state index in [2.05, 4.69) is 60.6 Å². The molecule has 0 saturated carbocycles. The lowest BCUT2D eigenvalue weighted by molar-refractivity contribution is -0.124. The van der Waals surface area contributed by atoms with Gasteiger partial charge in [0.15, 0.2) is 0 Å². The number of hydrogen-bond donors (Lipinski definition) is 3. The van der Waals surface area contributed by atoms with Crippen LogP contribution in [0.15, 0.2) is 53.1 Å². The summed E-state index contributed by atoms with van der Waals surface area (Å²) in [5, 5.41) is 13.1. The van der Waals surface area contributed by atoms with Crippen molar-refractivity contribution in [1.82, 2.24) is 14.8 Å². The minimum Gasteiger partial charge on any atom is -0.369 e. The van der Waals surface area contributed by atoms with Crippen molar-refractivity contribution in [1.29, 1.82) is 0 Å². The molecule has 0 atom stereocenters. The minimum atomic E-state index is 0.479. The third-order valence-corrected chi connectivity index (χ3v) is 6.63. The van der Waals surface area contributed by atoms with E-state index >= 15 is 0 Å². The molecule has 0 aliphatic carbocycles. The van der Waals surface area contributed by atoms with Crippen molar-refractivity contribution in [3.05, 3.63) is 58.7 Å². The van der Waals surface area contributed by atoms with Gasteiger partial charge in [0.05, 0.1) is 5.69 Å². The third kappa shape index (κ3) is 5.48. The fourth-order valence-corrected chi connectivity index (χ4v) is 4.77. The normalized spacial score (nSPS) is 13.6. The molecule has 0 radical (unpaired) electrons. The summed E-state index contributed by atoms with van der Waals surface area (Å²) < 4.78 is 3.35. The van der Waals surface area contributed by atoms with Crippen LogP contribution in [0.1, 0.15) is 5.56 Å². The van der Waals surface area contributed by atoms with Crippen LogP contribution in [0.4, 0.5) is 11.4 Å². The van der Waals surface area contributed by atoms with Gasteiger partial charge in [0.2, 0.25) is 12.8 Å². The summed E-state index contributed by atoms with van der Waals surface area (Å²) in [5.41, 5.74) is 6.27. The number of halogens is 1. The molecule has 4 rings (SSSR count). The summed E-state index contributed by atoms with van der Waals surface area (Å²) in [6.45, 7) is 4.52. The first-order valence-corrected chi connectivity index (χ1v) is 11.8. The molecule has 1 aromatic heterocycles. The van der Waals surface area contributed by atoms with Gasteiger partial charge in [-0.25, -0.2) is 0 Å². The molecule has 1 fully saturated rings. The number of carbonyl (C=O) groups is 2. The number of anilines is 2. The van der Waals surface area contributed by atoms with Gasteiger partial charge in [-0.3, -0.25) is 20.3 Å². The van der Waals surface area contributed by atoms with E-state index < -0.39 is 0 Å². The van der Waals surface area contributed by atoms with Crippen LogP contribution in [0.5, 0.6) is 0 Å². The number of benzene rings is 2. The van der Waals surface area contributed by atoms with Gasteiger partial charge in [-0.2, -0.15) is 0 Å². The molecule has 8 nitrogen and oxygen atoms in total. The van der Waals surface area contributed by atoms with E-state index in [0.29, 0.717) is 31.1 Å². The minimum absolute atomic E-state index is 0.479. The summed E-state index contributed by atoms with van der Waals surface area (Å²) in [4.78, 5) is 25.7. The van der Waals surface area contributed by atoms with Gasteiger partial charge < -0.3 is 19.7 Å². The third-order valence-electron chi connectivity index (χ3n) is 6.14. The second kappa shape index (κ2) is 10.7. The maximum absolute atomic E-state index is 10.9. The number of amides is 2. The van der Waals surface area contributed by atoms with E-state index in [4.69, 9.17) is 5.21 Å². The molecule has 0 bridgehead atoms. The fraction of sp³-hybridized carbons (Fsp3) is 0.333. The lowest BCUT2D eigenvalue weighted by atomic mass is 10.0. The smallest absolute Gasteiger partial charge is 0.209 e. The number of rotatable bonds is 12. The van der Waals surface area contributed by atoms with Gasteiger partial charge in [-0.1, -0.05) is 15.9 Å². The van der Waals surface area contributed by atoms with Gasteiger partial charge in [-0.15, -0.1) is 0 Å². The van der Waals surface area contributed by atoms with Crippen molar-refractivity contribution in [3.8, 4) is 0 Å². The van der Waals surface area contributed by atoms with Crippen LogP contribution in [0, 0.1) is 5.92 Å².